The molecule has 2 rings (SSSR count). The molecule has 1 aromatic rings. The molecule has 1 aromatic carbocycles. The van der Waals surface area contributed by atoms with E-state index in [-0.39, 0.29) is 22.1 Å². The minimum absolute atomic E-state index is 0.0148. The summed E-state index contributed by atoms with van der Waals surface area (Å²) in [4.78, 5) is 1.07. The van der Waals surface area contributed by atoms with Gasteiger partial charge in [0.2, 0.25) is 0 Å². The monoisotopic (exact) mass is 262 g/mol. The minimum atomic E-state index is -2.92. The Kier molecular flexibility index (Phi) is 3.28. The molecule has 0 bridgehead atoms. The zero-order chi connectivity index (χ0) is 10.9. The molecule has 0 spiro atoms. The molecular formula is C10H11ClO2S2. The molecule has 0 N–H and O–H groups in total. The van der Waals surface area contributed by atoms with Crippen LogP contribution in [0.15, 0.2) is 35.2 Å². The molecule has 2 atom stereocenters. The minimum Gasteiger partial charge on any atom is -0.229 e. The average molecular weight is 263 g/mol. The lowest BCUT2D eigenvalue weighted by molar-refractivity contribution is 0.602. The fourth-order valence-corrected chi connectivity index (χ4v) is 5.99. The first-order valence-corrected chi connectivity index (χ1v) is 7.77. The predicted octanol–water partition coefficient (Wildman–Crippen LogP) is 2.18. The average Bonchev–Trinajstić information content (AvgIpc) is 2.41. The highest BCUT2D eigenvalue weighted by Crippen LogP contribution is 2.33. The first-order chi connectivity index (χ1) is 7.07. The van der Waals surface area contributed by atoms with Crippen molar-refractivity contribution in [2.45, 2.75) is 15.5 Å². The Hall–Kier alpha value is -0.190. The van der Waals surface area contributed by atoms with Crippen molar-refractivity contribution in [1.29, 1.82) is 0 Å². The molecule has 0 amide bonds. The molecule has 1 fully saturated rings. The molecule has 0 unspecified atom stereocenters. The van der Waals surface area contributed by atoms with Crippen molar-refractivity contribution >= 4 is 33.2 Å². The smallest absolute Gasteiger partial charge is 0.152 e. The Bertz CT molecular complexity index is 430. The van der Waals surface area contributed by atoms with Crippen molar-refractivity contribution in [2.75, 3.05) is 11.5 Å². The van der Waals surface area contributed by atoms with E-state index in [1.54, 1.807) is 11.8 Å². The summed E-state index contributed by atoms with van der Waals surface area (Å²) in [7, 11) is -2.92. The molecule has 1 heterocycles. The van der Waals surface area contributed by atoms with Gasteiger partial charge in [-0.05, 0) is 12.1 Å². The first-order valence-electron chi connectivity index (χ1n) is 4.63. The largest absolute Gasteiger partial charge is 0.229 e. The van der Waals surface area contributed by atoms with Gasteiger partial charge in [-0.3, -0.25) is 0 Å². The van der Waals surface area contributed by atoms with E-state index in [0.29, 0.717) is 0 Å². The van der Waals surface area contributed by atoms with Gasteiger partial charge in [0.25, 0.3) is 0 Å². The third-order valence-corrected chi connectivity index (χ3v) is 6.34. The number of benzene rings is 1. The van der Waals surface area contributed by atoms with Gasteiger partial charge in [-0.15, -0.1) is 23.4 Å². The number of sulfone groups is 1. The van der Waals surface area contributed by atoms with Crippen LogP contribution in [0.5, 0.6) is 0 Å². The normalized spacial score (nSPS) is 29.1. The van der Waals surface area contributed by atoms with Crippen LogP contribution in [0.1, 0.15) is 0 Å². The second-order valence-electron chi connectivity index (χ2n) is 3.56. The summed E-state index contributed by atoms with van der Waals surface area (Å²) in [5.41, 5.74) is 0. The third-order valence-electron chi connectivity index (χ3n) is 2.27. The number of rotatable bonds is 2. The van der Waals surface area contributed by atoms with Crippen molar-refractivity contribution in [3.8, 4) is 0 Å². The number of thioether (sulfide) groups is 1. The zero-order valence-electron chi connectivity index (χ0n) is 7.97. The van der Waals surface area contributed by atoms with Gasteiger partial charge < -0.3 is 0 Å². The summed E-state index contributed by atoms with van der Waals surface area (Å²) in [5.74, 6) is 0.305. The van der Waals surface area contributed by atoms with Gasteiger partial charge in [0.15, 0.2) is 9.84 Å². The second-order valence-corrected chi connectivity index (χ2v) is 7.59. The maximum absolute atomic E-state index is 11.3. The van der Waals surface area contributed by atoms with E-state index in [1.807, 2.05) is 30.3 Å². The van der Waals surface area contributed by atoms with Crippen molar-refractivity contribution in [1.82, 2.24) is 0 Å². The molecule has 82 valence electrons. The molecule has 0 saturated carbocycles. The lowest BCUT2D eigenvalue weighted by atomic mass is 10.4. The van der Waals surface area contributed by atoms with Gasteiger partial charge in [-0.1, -0.05) is 18.2 Å². The molecule has 0 aromatic heterocycles. The Balaban J connectivity index is 2.08. The third kappa shape index (κ3) is 2.89. The van der Waals surface area contributed by atoms with E-state index in [9.17, 15) is 8.42 Å². The predicted molar refractivity (Wildman–Crippen MR) is 64.4 cm³/mol. The molecule has 0 aliphatic carbocycles. The van der Waals surface area contributed by atoms with Crippen molar-refractivity contribution < 1.29 is 8.42 Å². The van der Waals surface area contributed by atoms with E-state index in [0.717, 1.165) is 4.90 Å². The Morgan fingerprint density at radius 2 is 1.87 bits per heavy atom. The van der Waals surface area contributed by atoms with E-state index in [4.69, 9.17) is 11.6 Å². The van der Waals surface area contributed by atoms with Crippen molar-refractivity contribution in [3.63, 3.8) is 0 Å². The van der Waals surface area contributed by atoms with Crippen LogP contribution >= 0.6 is 23.4 Å². The van der Waals surface area contributed by atoms with Gasteiger partial charge >= 0.3 is 0 Å². The number of halogens is 1. The number of hydrogen-bond donors (Lipinski definition) is 0. The Morgan fingerprint density at radius 3 is 2.40 bits per heavy atom. The van der Waals surface area contributed by atoms with Crippen LogP contribution in [0.4, 0.5) is 0 Å². The standard InChI is InChI=1S/C10H11ClO2S2/c11-9-6-15(12,13)7-10(9)14-8-4-2-1-3-5-8/h1-5,9-10H,6-7H2/t9-,10-/m0/s1. The summed E-state index contributed by atoms with van der Waals surface area (Å²) in [5, 5.41) is -0.278. The van der Waals surface area contributed by atoms with Crippen LogP contribution in [0.2, 0.25) is 0 Å². The van der Waals surface area contributed by atoms with Crippen LogP contribution in [0, 0.1) is 0 Å². The molecule has 1 aliphatic heterocycles. The van der Waals surface area contributed by atoms with Gasteiger partial charge in [0, 0.05) is 10.1 Å². The molecule has 1 saturated heterocycles. The number of hydrogen-bond acceptors (Lipinski definition) is 3. The quantitative estimate of drug-likeness (QED) is 0.767. The summed E-state index contributed by atoms with van der Waals surface area (Å²) in [6.07, 6.45) is 0. The highest BCUT2D eigenvalue weighted by Gasteiger charge is 2.36. The van der Waals surface area contributed by atoms with Crippen LogP contribution in [0.25, 0.3) is 0 Å². The van der Waals surface area contributed by atoms with Crippen LogP contribution < -0.4 is 0 Å². The van der Waals surface area contributed by atoms with Crippen LogP contribution in [0.3, 0.4) is 0 Å². The van der Waals surface area contributed by atoms with Crippen molar-refractivity contribution in [2.24, 2.45) is 0 Å². The summed E-state index contributed by atoms with van der Waals surface area (Å²) in [6.45, 7) is 0. The van der Waals surface area contributed by atoms with Gasteiger partial charge in [0.1, 0.15) is 0 Å². The van der Waals surface area contributed by atoms with Gasteiger partial charge in [-0.2, -0.15) is 0 Å². The van der Waals surface area contributed by atoms with Crippen LogP contribution in [-0.2, 0) is 9.84 Å². The van der Waals surface area contributed by atoms with Crippen LogP contribution in [-0.4, -0.2) is 30.6 Å². The first kappa shape index (κ1) is 11.3. The molecule has 2 nitrogen and oxygen atoms in total. The van der Waals surface area contributed by atoms with E-state index in [2.05, 4.69) is 0 Å². The van der Waals surface area contributed by atoms with Crippen molar-refractivity contribution in [3.05, 3.63) is 30.3 Å². The van der Waals surface area contributed by atoms with Gasteiger partial charge in [-0.25, -0.2) is 8.42 Å². The SMILES string of the molecule is O=S1(=O)C[C@H](Sc2ccccc2)[C@@H](Cl)C1. The second kappa shape index (κ2) is 4.36. The summed E-state index contributed by atoms with van der Waals surface area (Å²) >= 11 is 7.56. The fraction of sp³-hybridized carbons (Fsp3) is 0.400. The number of alkyl halides is 1. The Labute approximate surface area is 98.9 Å². The Morgan fingerprint density at radius 1 is 1.20 bits per heavy atom. The lowest BCUT2D eigenvalue weighted by Gasteiger charge is -2.10. The van der Waals surface area contributed by atoms with E-state index >= 15 is 0 Å². The van der Waals surface area contributed by atoms with E-state index in [1.165, 1.54) is 0 Å². The molecule has 5 heteroatoms. The summed E-state index contributed by atoms with van der Waals surface area (Å²) < 4.78 is 22.7. The highest BCUT2D eigenvalue weighted by atomic mass is 35.5. The van der Waals surface area contributed by atoms with E-state index < -0.39 is 9.84 Å². The fourth-order valence-electron chi connectivity index (χ4n) is 1.55. The maximum atomic E-state index is 11.3. The molecule has 0 radical (unpaired) electrons. The molecule has 1 aliphatic rings. The molecular weight excluding hydrogens is 252 g/mol. The zero-order valence-corrected chi connectivity index (χ0v) is 10.4. The summed E-state index contributed by atoms with van der Waals surface area (Å²) in [6, 6.07) is 9.76. The lowest BCUT2D eigenvalue weighted by Crippen LogP contribution is -2.13. The topological polar surface area (TPSA) is 34.1 Å². The maximum Gasteiger partial charge on any atom is 0.152 e. The highest BCUT2D eigenvalue weighted by molar-refractivity contribution is 8.02. The molecule has 15 heavy (non-hydrogen) atoms. The van der Waals surface area contributed by atoms with Gasteiger partial charge in [0.05, 0.1) is 16.9 Å².